The first-order chi connectivity index (χ1) is 9.11. The standard InChI is InChI=1S/C14H11ClFNO2/c1-19-14-7-10(2-3-12(14)16)13(18)6-9-4-5-17-8-11(9)15/h2-5,7-8H,6H2,1H3. The number of pyridine rings is 1. The van der Waals surface area contributed by atoms with Crippen molar-refractivity contribution in [3.05, 3.63) is 58.6 Å². The third-order valence-electron chi connectivity index (χ3n) is 2.68. The van der Waals surface area contributed by atoms with Crippen LogP contribution >= 0.6 is 11.6 Å². The molecule has 19 heavy (non-hydrogen) atoms. The van der Waals surface area contributed by atoms with E-state index < -0.39 is 5.82 Å². The summed E-state index contributed by atoms with van der Waals surface area (Å²) in [7, 11) is 1.35. The van der Waals surface area contributed by atoms with Gasteiger partial charge in [0.1, 0.15) is 0 Å². The largest absolute Gasteiger partial charge is 0.494 e. The highest BCUT2D eigenvalue weighted by molar-refractivity contribution is 6.31. The van der Waals surface area contributed by atoms with Crippen LogP contribution in [0.3, 0.4) is 0 Å². The summed E-state index contributed by atoms with van der Waals surface area (Å²) in [5.41, 5.74) is 1.07. The second kappa shape index (κ2) is 5.80. The van der Waals surface area contributed by atoms with E-state index in [1.54, 1.807) is 12.3 Å². The van der Waals surface area contributed by atoms with Gasteiger partial charge in [-0.25, -0.2) is 4.39 Å². The summed E-state index contributed by atoms with van der Waals surface area (Å²) in [6.07, 6.45) is 3.19. The zero-order valence-electron chi connectivity index (χ0n) is 10.2. The van der Waals surface area contributed by atoms with E-state index in [1.165, 1.54) is 31.5 Å². The molecule has 2 aromatic rings. The summed E-state index contributed by atoms with van der Waals surface area (Å²) in [5.74, 6) is -0.612. The second-order valence-corrected chi connectivity index (χ2v) is 4.32. The molecule has 0 aliphatic rings. The Morgan fingerprint density at radius 3 is 2.89 bits per heavy atom. The van der Waals surface area contributed by atoms with Crippen molar-refractivity contribution >= 4 is 17.4 Å². The summed E-state index contributed by atoms with van der Waals surface area (Å²) in [6.45, 7) is 0. The van der Waals surface area contributed by atoms with E-state index >= 15 is 0 Å². The van der Waals surface area contributed by atoms with Gasteiger partial charge in [0.05, 0.1) is 12.1 Å². The van der Waals surface area contributed by atoms with Gasteiger partial charge in [0.2, 0.25) is 0 Å². The van der Waals surface area contributed by atoms with E-state index in [2.05, 4.69) is 4.98 Å². The molecule has 0 N–H and O–H groups in total. The van der Waals surface area contributed by atoms with Crippen LogP contribution in [0.1, 0.15) is 15.9 Å². The maximum Gasteiger partial charge on any atom is 0.167 e. The van der Waals surface area contributed by atoms with Crippen molar-refractivity contribution in [1.29, 1.82) is 0 Å². The second-order valence-electron chi connectivity index (χ2n) is 3.92. The molecule has 1 heterocycles. The van der Waals surface area contributed by atoms with Gasteiger partial charge < -0.3 is 4.74 Å². The van der Waals surface area contributed by atoms with E-state index in [-0.39, 0.29) is 18.0 Å². The van der Waals surface area contributed by atoms with Crippen LogP contribution in [0.15, 0.2) is 36.7 Å². The van der Waals surface area contributed by atoms with Crippen LogP contribution in [0, 0.1) is 5.82 Å². The topological polar surface area (TPSA) is 39.2 Å². The van der Waals surface area contributed by atoms with Gasteiger partial charge >= 0.3 is 0 Å². The van der Waals surface area contributed by atoms with Crippen LogP contribution in [-0.2, 0) is 6.42 Å². The number of Topliss-reactive ketones (excluding diaryl/α,β-unsaturated/α-hetero) is 1. The Morgan fingerprint density at radius 2 is 2.21 bits per heavy atom. The van der Waals surface area contributed by atoms with Crippen LogP contribution in [0.4, 0.5) is 4.39 Å². The van der Waals surface area contributed by atoms with Crippen molar-refractivity contribution < 1.29 is 13.9 Å². The third kappa shape index (κ3) is 3.09. The first-order valence-corrected chi connectivity index (χ1v) is 5.94. The van der Waals surface area contributed by atoms with Crippen LogP contribution in [-0.4, -0.2) is 17.9 Å². The van der Waals surface area contributed by atoms with Gasteiger partial charge in [-0.05, 0) is 29.8 Å². The number of ketones is 1. The third-order valence-corrected chi connectivity index (χ3v) is 3.02. The molecule has 0 unspecified atom stereocenters. The lowest BCUT2D eigenvalue weighted by molar-refractivity contribution is 0.0992. The van der Waals surface area contributed by atoms with Gasteiger partial charge in [-0.1, -0.05) is 11.6 Å². The van der Waals surface area contributed by atoms with E-state index in [9.17, 15) is 9.18 Å². The predicted octanol–water partition coefficient (Wildman–Crippen LogP) is 3.31. The Bertz CT molecular complexity index is 616. The maximum atomic E-state index is 13.3. The highest BCUT2D eigenvalue weighted by Crippen LogP contribution is 2.21. The number of hydrogen-bond donors (Lipinski definition) is 0. The minimum absolute atomic E-state index is 0.0478. The number of ether oxygens (including phenoxy) is 1. The molecule has 3 nitrogen and oxygen atoms in total. The quantitative estimate of drug-likeness (QED) is 0.806. The molecule has 98 valence electrons. The lowest BCUT2D eigenvalue weighted by atomic mass is 10.0. The Labute approximate surface area is 115 Å². The van der Waals surface area contributed by atoms with Gasteiger partial charge in [0, 0.05) is 24.4 Å². The number of benzene rings is 1. The molecule has 1 aromatic carbocycles. The zero-order chi connectivity index (χ0) is 13.8. The monoisotopic (exact) mass is 279 g/mol. The molecule has 0 radical (unpaired) electrons. The number of methoxy groups -OCH3 is 1. The first kappa shape index (κ1) is 13.5. The highest BCUT2D eigenvalue weighted by Gasteiger charge is 2.12. The Kier molecular flexibility index (Phi) is 4.12. The minimum atomic E-state index is -0.499. The normalized spacial score (nSPS) is 10.3. The Balaban J connectivity index is 2.23. The molecule has 0 aliphatic heterocycles. The molecule has 0 fully saturated rings. The molecular formula is C14H11ClFNO2. The fourth-order valence-electron chi connectivity index (χ4n) is 1.66. The summed E-state index contributed by atoms with van der Waals surface area (Å²) in [6, 6.07) is 5.70. The molecule has 0 bridgehead atoms. The van der Waals surface area contributed by atoms with E-state index in [4.69, 9.17) is 16.3 Å². The Morgan fingerprint density at radius 1 is 1.42 bits per heavy atom. The lowest BCUT2D eigenvalue weighted by Gasteiger charge is -2.06. The van der Waals surface area contributed by atoms with Crippen LogP contribution in [0.2, 0.25) is 5.02 Å². The van der Waals surface area contributed by atoms with Crippen molar-refractivity contribution in [3.8, 4) is 5.75 Å². The van der Waals surface area contributed by atoms with Crippen molar-refractivity contribution in [2.45, 2.75) is 6.42 Å². The summed E-state index contributed by atoms with van der Waals surface area (Å²) < 4.78 is 18.1. The molecule has 0 atom stereocenters. The van der Waals surface area contributed by atoms with Crippen molar-refractivity contribution in [3.63, 3.8) is 0 Å². The molecule has 0 saturated carbocycles. The molecular weight excluding hydrogens is 269 g/mol. The molecule has 0 saturated heterocycles. The van der Waals surface area contributed by atoms with Crippen molar-refractivity contribution in [1.82, 2.24) is 4.98 Å². The fourth-order valence-corrected chi connectivity index (χ4v) is 1.84. The smallest absolute Gasteiger partial charge is 0.167 e. The van der Waals surface area contributed by atoms with E-state index in [0.717, 1.165) is 0 Å². The number of carbonyl (C=O) groups excluding carboxylic acids is 1. The molecule has 0 spiro atoms. The minimum Gasteiger partial charge on any atom is -0.494 e. The van der Waals surface area contributed by atoms with Gasteiger partial charge in [-0.2, -0.15) is 0 Å². The SMILES string of the molecule is COc1cc(C(=O)Cc2ccncc2Cl)ccc1F. The number of rotatable bonds is 4. The van der Waals surface area contributed by atoms with Gasteiger partial charge in [0.25, 0.3) is 0 Å². The number of carbonyl (C=O) groups is 1. The van der Waals surface area contributed by atoms with Gasteiger partial charge in [0.15, 0.2) is 17.3 Å². The van der Waals surface area contributed by atoms with Crippen LogP contribution in [0.25, 0.3) is 0 Å². The number of aromatic nitrogens is 1. The summed E-state index contributed by atoms with van der Waals surface area (Å²) >= 11 is 5.94. The van der Waals surface area contributed by atoms with E-state index in [1.807, 2.05) is 0 Å². The number of halogens is 2. The number of nitrogens with zero attached hydrogens (tertiary/aromatic N) is 1. The molecule has 1 aromatic heterocycles. The Hall–Kier alpha value is -1.94. The van der Waals surface area contributed by atoms with E-state index in [0.29, 0.717) is 16.1 Å². The first-order valence-electron chi connectivity index (χ1n) is 5.57. The highest BCUT2D eigenvalue weighted by atomic mass is 35.5. The molecule has 0 amide bonds. The summed E-state index contributed by atoms with van der Waals surface area (Å²) in [5, 5.41) is 0.435. The average molecular weight is 280 g/mol. The van der Waals surface area contributed by atoms with Gasteiger partial charge in [-0.15, -0.1) is 0 Å². The van der Waals surface area contributed by atoms with Gasteiger partial charge in [-0.3, -0.25) is 9.78 Å². The molecule has 2 rings (SSSR count). The fraction of sp³-hybridized carbons (Fsp3) is 0.143. The summed E-state index contributed by atoms with van der Waals surface area (Å²) in [4.78, 5) is 15.9. The maximum absolute atomic E-state index is 13.3. The van der Waals surface area contributed by atoms with Crippen LogP contribution < -0.4 is 4.74 Å². The average Bonchev–Trinajstić information content (AvgIpc) is 2.42. The lowest BCUT2D eigenvalue weighted by Crippen LogP contribution is -2.05. The predicted molar refractivity (Wildman–Crippen MR) is 70.2 cm³/mol. The zero-order valence-corrected chi connectivity index (χ0v) is 10.9. The van der Waals surface area contributed by atoms with Crippen molar-refractivity contribution in [2.75, 3.05) is 7.11 Å². The molecule has 0 aliphatic carbocycles. The van der Waals surface area contributed by atoms with Crippen molar-refractivity contribution in [2.24, 2.45) is 0 Å². The molecule has 5 heteroatoms. The number of hydrogen-bond acceptors (Lipinski definition) is 3. The van der Waals surface area contributed by atoms with Crippen LogP contribution in [0.5, 0.6) is 5.75 Å².